The molecule has 0 radical (unpaired) electrons. The molecule has 0 saturated carbocycles. The first kappa shape index (κ1) is 19.9. The lowest BCUT2D eigenvalue weighted by molar-refractivity contribution is 0.0601. The third kappa shape index (κ3) is 4.42. The van der Waals surface area contributed by atoms with Gasteiger partial charge in [0, 0.05) is 13.1 Å². The maximum absolute atomic E-state index is 12.9. The molecule has 1 aromatic heterocycles. The van der Waals surface area contributed by atoms with Crippen molar-refractivity contribution in [3.63, 3.8) is 0 Å². The van der Waals surface area contributed by atoms with Crippen molar-refractivity contribution in [2.45, 2.75) is 25.5 Å². The number of hydrogen-bond acceptors (Lipinski definition) is 7. The number of hydrogen-bond donors (Lipinski definition) is 0. The lowest BCUT2D eigenvalue weighted by Gasteiger charge is -2.20. The molecule has 0 saturated heterocycles. The standard InChI is InChI=1S/C18H22N4O3S/c1-4-21(5-2)9-10-22-16(23)14-7-6-13(17(24)25-3)12-15(14)20-18(22)26-11-8-19/h6-7,12H,4-5,9-11H2,1-3H3. The number of nitriles is 1. The minimum atomic E-state index is -0.481. The van der Waals surface area contributed by atoms with Crippen molar-refractivity contribution >= 4 is 28.6 Å². The first-order valence-corrected chi connectivity index (χ1v) is 9.39. The molecule has 0 aliphatic rings. The van der Waals surface area contributed by atoms with Crippen molar-refractivity contribution in [1.82, 2.24) is 14.5 Å². The second-order valence-electron chi connectivity index (χ2n) is 5.55. The summed E-state index contributed by atoms with van der Waals surface area (Å²) in [5, 5.41) is 9.82. The topological polar surface area (TPSA) is 88.2 Å². The lowest BCUT2D eigenvalue weighted by atomic mass is 10.1. The molecule has 0 amide bonds. The Morgan fingerprint density at radius 2 is 2.12 bits per heavy atom. The number of methoxy groups -OCH3 is 1. The zero-order valence-corrected chi connectivity index (χ0v) is 16.0. The molecule has 1 aromatic carbocycles. The van der Waals surface area contributed by atoms with E-state index in [1.807, 2.05) is 0 Å². The first-order chi connectivity index (χ1) is 12.5. The number of aromatic nitrogens is 2. The first-order valence-electron chi connectivity index (χ1n) is 8.40. The Kier molecular flexibility index (Phi) is 7.18. The summed E-state index contributed by atoms with van der Waals surface area (Å²) in [5.41, 5.74) is 0.598. The second kappa shape index (κ2) is 9.36. The third-order valence-corrected chi connectivity index (χ3v) is 4.98. The molecule has 2 rings (SSSR count). The monoisotopic (exact) mass is 374 g/mol. The molecule has 0 spiro atoms. The van der Waals surface area contributed by atoms with Gasteiger partial charge in [-0.15, -0.1) is 0 Å². The molecule has 0 unspecified atom stereocenters. The molecule has 8 heteroatoms. The number of ether oxygens (including phenoxy) is 1. The maximum Gasteiger partial charge on any atom is 0.337 e. The number of benzene rings is 1. The van der Waals surface area contributed by atoms with Crippen LogP contribution >= 0.6 is 11.8 Å². The molecule has 26 heavy (non-hydrogen) atoms. The van der Waals surface area contributed by atoms with Gasteiger partial charge in [-0.25, -0.2) is 9.78 Å². The SMILES string of the molecule is CCN(CC)CCn1c(SCC#N)nc2cc(C(=O)OC)ccc2c1=O. The van der Waals surface area contributed by atoms with Gasteiger partial charge >= 0.3 is 5.97 Å². The van der Waals surface area contributed by atoms with Gasteiger partial charge in [-0.05, 0) is 31.3 Å². The Hall–Kier alpha value is -2.37. The zero-order valence-electron chi connectivity index (χ0n) is 15.2. The predicted octanol–water partition coefficient (Wildman–Crippen LogP) is 2.14. The van der Waals surface area contributed by atoms with Gasteiger partial charge < -0.3 is 9.64 Å². The molecule has 1 heterocycles. The molecule has 0 atom stereocenters. The molecule has 7 nitrogen and oxygen atoms in total. The van der Waals surface area contributed by atoms with Crippen LogP contribution in [0.1, 0.15) is 24.2 Å². The molecular weight excluding hydrogens is 352 g/mol. The number of carbonyl (C=O) groups is 1. The van der Waals surface area contributed by atoms with Crippen molar-refractivity contribution in [3.05, 3.63) is 34.1 Å². The molecular formula is C18H22N4O3S. The van der Waals surface area contributed by atoms with E-state index in [2.05, 4.69) is 29.8 Å². The van der Waals surface area contributed by atoms with Gasteiger partial charge in [0.25, 0.3) is 5.56 Å². The number of fused-ring (bicyclic) bond motifs is 1. The van der Waals surface area contributed by atoms with Gasteiger partial charge in [0.1, 0.15) is 0 Å². The molecule has 0 N–H and O–H groups in total. The van der Waals surface area contributed by atoms with E-state index in [9.17, 15) is 9.59 Å². The molecule has 0 aliphatic carbocycles. The van der Waals surface area contributed by atoms with Crippen LogP contribution in [0.15, 0.2) is 28.2 Å². The van der Waals surface area contributed by atoms with Crippen molar-refractivity contribution in [2.75, 3.05) is 32.5 Å². The van der Waals surface area contributed by atoms with Crippen LogP contribution in [0.2, 0.25) is 0 Å². The highest BCUT2D eigenvalue weighted by molar-refractivity contribution is 7.99. The second-order valence-corrected chi connectivity index (χ2v) is 6.49. The van der Waals surface area contributed by atoms with Crippen LogP contribution in [0, 0.1) is 11.3 Å². The van der Waals surface area contributed by atoms with Gasteiger partial charge in [-0.3, -0.25) is 9.36 Å². The van der Waals surface area contributed by atoms with E-state index in [0.717, 1.165) is 19.6 Å². The number of thioether (sulfide) groups is 1. The highest BCUT2D eigenvalue weighted by Crippen LogP contribution is 2.19. The molecule has 0 bridgehead atoms. The van der Waals surface area contributed by atoms with Gasteiger partial charge in [0.05, 0.1) is 35.4 Å². The van der Waals surface area contributed by atoms with Crippen LogP contribution in [0.25, 0.3) is 10.9 Å². The Morgan fingerprint density at radius 3 is 2.73 bits per heavy atom. The van der Waals surface area contributed by atoms with Crippen LogP contribution in [-0.2, 0) is 11.3 Å². The number of esters is 1. The maximum atomic E-state index is 12.9. The highest BCUT2D eigenvalue weighted by atomic mass is 32.2. The van der Waals surface area contributed by atoms with E-state index < -0.39 is 5.97 Å². The van der Waals surface area contributed by atoms with Crippen LogP contribution in [0.3, 0.4) is 0 Å². The number of rotatable bonds is 8. The fourth-order valence-electron chi connectivity index (χ4n) is 2.63. The number of carbonyl (C=O) groups excluding carboxylic acids is 1. The van der Waals surface area contributed by atoms with Gasteiger partial charge in [0.2, 0.25) is 0 Å². The predicted molar refractivity (Wildman–Crippen MR) is 101 cm³/mol. The summed E-state index contributed by atoms with van der Waals surface area (Å²) < 4.78 is 6.33. The van der Waals surface area contributed by atoms with Crippen LogP contribution in [0.5, 0.6) is 0 Å². The Morgan fingerprint density at radius 1 is 1.38 bits per heavy atom. The average molecular weight is 374 g/mol. The smallest absolute Gasteiger partial charge is 0.337 e. The quantitative estimate of drug-likeness (QED) is 0.397. The fourth-order valence-corrected chi connectivity index (χ4v) is 3.32. The number of nitrogens with zero attached hydrogens (tertiary/aromatic N) is 4. The molecule has 2 aromatic rings. The van der Waals surface area contributed by atoms with Gasteiger partial charge in [-0.1, -0.05) is 25.6 Å². The molecule has 0 aliphatic heterocycles. The Labute approximate surface area is 156 Å². The number of likely N-dealkylation sites (N-methyl/N-ethyl adjacent to an activating group) is 1. The third-order valence-electron chi connectivity index (χ3n) is 4.14. The highest BCUT2D eigenvalue weighted by Gasteiger charge is 2.15. The van der Waals surface area contributed by atoms with Crippen LogP contribution in [0.4, 0.5) is 0 Å². The van der Waals surface area contributed by atoms with E-state index in [0.29, 0.717) is 28.2 Å². The Bertz CT molecular complexity index is 884. The van der Waals surface area contributed by atoms with Gasteiger partial charge in [-0.2, -0.15) is 5.26 Å². The van der Waals surface area contributed by atoms with Crippen LogP contribution in [-0.4, -0.2) is 52.9 Å². The Balaban J connectivity index is 2.51. The summed E-state index contributed by atoms with van der Waals surface area (Å²) >= 11 is 1.22. The summed E-state index contributed by atoms with van der Waals surface area (Å²) in [6.07, 6.45) is 0. The van der Waals surface area contributed by atoms with Gasteiger partial charge in [0.15, 0.2) is 5.16 Å². The summed E-state index contributed by atoms with van der Waals surface area (Å²) in [4.78, 5) is 31.4. The van der Waals surface area contributed by atoms with Crippen molar-refractivity contribution in [1.29, 1.82) is 5.26 Å². The van der Waals surface area contributed by atoms with E-state index in [1.54, 1.807) is 22.8 Å². The largest absolute Gasteiger partial charge is 0.465 e. The van der Waals surface area contributed by atoms with Crippen molar-refractivity contribution < 1.29 is 9.53 Å². The zero-order chi connectivity index (χ0) is 19.1. The molecule has 0 fully saturated rings. The normalized spacial score (nSPS) is 10.9. The summed E-state index contributed by atoms with van der Waals surface area (Å²) in [7, 11) is 1.30. The summed E-state index contributed by atoms with van der Waals surface area (Å²) in [5.74, 6) is -0.287. The summed E-state index contributed by atoms with van der Waals surface area (Å²) in [6, 6.07) is 6.77. The van der Waals surface area contributed by atoms with Crippen LogP contribution < -0.4 is 5.56 Å². The average Bonchev–Trinajstić information content (AvgIpc) is 2.67. The van der Waals surface area contributed by atoms with E-state index >= 15 is 0 Å². The minimum absolute atomic E-state index is 0.168. The lowest BCUT2D eigenvalue weighted by Crippen LogP contribution is -2.32. The van der Waals surface area contributed by atoms with Crippen molar-refractivity contribution in [3.8, 4) is 6.07 Å². The van der Waals surface area contributed by atoms with E-state index in [-0.39, 0.29) is 11.3 Å². The van der Waals surface area contributed by atoms with E-state index in [1.165, 1.54) is 18.9 Å². The fraction of sp³-hybridized carbons (Fsp3) is 0.444. The minimum Gasteiger partial charge on any atom is -0.465 e. The van der Waals surface area contributed by atoms with E-state index in [4.69, 9.17) is 10.00 Å². The van der Waals surface area contributed by atoms with Crippen molar-refractivity contribution in [2.24, 2.45) is 0 Å². The molecule has 138 valence electrons. The summed E-state index contributed by atoms with van der Waals surface area (Å²) in [6.45, 7) is 7.16.